The van der Waals surface area contributed by atoms with Crippen LogP contribution in [-0.4, -0.2) is 64.0 Å². The monoisotopic (exact) mass is 382 g/mol. The summed E-state index contributed by atoms with van der Waals surface area (Å²) in [6.07, 6.45) is 1.47. The van der Waals surface area contributed by atoms with Crippen molar-refractivity contribution >= 4 is 27.4 Å². The maximum atomic E-state index is 12.2. The number of hydrogen-bond acceptors (Lipinski definition) is 7. The van der Waals surface area contributed by atoms with Crippen LogP contribution in [0.3, 0.4) is 0 Å². The van der Waals surface area contributed by atoms with E-state index in [0.717, 1.165) is 0 Å². The average Bonchev–Trinajstić information content (AvgIpc) is 3.46. The number of carbonyl (C=O) groups excluding carboxylic acids is 2. The van der Waals surface area contributed by atoms with Gasteiger partial charge in [0.15, 0.2) is 15.5 Å². The fourth-order valence-electron chi connectivity index (χ4n) is 2.14. The Bertz CT molecular complexity index is 795. The summed E-state index contributed by atoms with van der Waals surface area (Å²) in [5, 5.41) is 3.45. The van der Waals surface area contributed by atoms with Crippen LogP contribution < -0.4 is 0 Å². The molecule has 0 aliphatic heterocycles. The lowest BCUT2D eigenvalue weighted by Gasteiger charge is -2.09. The highest BCUT2D eigenvalue weighted by Crippen LogP contribution is 2.33. The van der Waals surface area contributed by atoms with Crippen molar-refractivity contribution in [3.63, 3.8) is 0 Å². The van der Waals surface area contributed by atoms with E-state index in [0.29, 0.717) is 18.4 Å². The van der Waals surface area contributed by atoms with Crippen LogP contribution in [0.5, 0.6) is 0 Å². The SMILES string of the molecule is COC(=O)/C(=N/OCCC(=O)N(C)C)c1ccc(S(=O)(=O)C2CC2)cc1. The number of ether oxygens (including phenoxy) is 1. The molecule has 26 heavy (non-hydrogen) atoms. The van der Waals surface area contributed by atoms with E-state index in [9.17, 15) is 18.0 Å². The largest absolute Gasteiger partial charge is 0.464 e. The first kappa shape index (κ1) is 19.9. The van der Waals surface area contributed by atoms with E-state index in [2.05, 4.69) is 9.89 Å². The van der Waals surface area contributed by atoms with Gasteiger partial charge >= 0.3 is 5.97 Å². The first-order valence-corrected chi connectivity index (χ1v) is 9.64. The second-order valence-corrected chi connectivity index (χ2v) is 8.30. The van der Waals surface area contributed by atoms with Crippen molar-refractivity contribution < 1.29 is 27.6 Å². The number of esters is 1. The highest BCUT2D eigenvalue weighted by Gasteiger charge is 2.36. The van der Waals surface area contributed by atoms with Gasteiger partial charge in [-0.1, -0.05) is 17.3 Å². The summed E-state index contributed by atoms with van der Waals surface area (Å²) in [6.45, 7) is 0.00561. The number of carbonyl (C=O) groups is 2. The zero-order valence-corrected chi connectivity index (χ0v) is 15.8. The van der Waals surface area contributed by atoms with Crippen LogP contribution in [0.25, 0.3) is 0 Å². The van der Waals surface area contributed by atoms with Crippen LogP contribution in [0.2, 0.25) is 0 Å². The van der Waals surface area contributed by atoms with Gasteiger partial charge in [0.1, 0.15) is 6.61 Å². The highest BCUT2D eigenvalue weighted by molar-refractivity contribution is 7.92. The normalized spacial score (nSPS) is 14.7. The van der Waals surface area contributed by atoms with Crippen LogP contribution in [-0.2, 0) is 29.0 Å². The minimum atomic E-state index is -3.30. The first-order chi connectivity index (χ1) is 12.3. The smallest absolute Gasteiger partial charge is 0.360 e. The number of nitrogens with zero attached hydrogens (tertiary/aromatic N) is 2. The minimum absolute atomic E-state index is 0.00561. The Hall–Kier alpha value is -2.42. The van der Waals surface area contributed by atoms with Crippen molar-refractivity contribution in [2.75, 3.05) is 27.8 Å². The average molecular weight is 382 g/mol. The molecule has 1 aliphatic carbocycles. The summed E-state index contributed by atoms with van der Waals surface area (Å²) in [4.78, 5) is 30.1. The van der Waals surface area contributed by atoms with Gasteiger partial charge in [-0.15, -0.1) is 0 Å². The third kappa shape index (κ3) is 4.81. The lowest BCUT2D eigenvalue weighted by Crippen LogP contribution is -2.23. The second-order valence-electron chi connectivity index (χ2n) is 6.07. The Labute approximate surface area is 152 Å². The van der Waals surface area contributed by atoms with Crippen molar-refractivity contribution in [1.82, 2.24) is 4.90 Å². The Balaban J connectivity index is 2.12. The van der Waals surface area contributed by atoms with Crippen LogP contribution >= 0.6 is 0 Å². The highest BCUT2D eigenvalue weighted by atomic mass is 32.2. The molecule has 1 fully saturated rings. The Morgan fingerprint density at radius 3 is 2.31 bits per heavy atom. The molecule has 142 valence electrons. The molecule has 0 radical (unpaired) electrons. The van der Waals surface area contributed by atoms with E-state index in [1.54, 1.807) is 14.1 Å². The number of hydrogen-bond donors (Lipinski definition) is 0. The van der Waals surface area contributed by atoms with Gasteiger partial charge in [0, 0.05) is 19.7 Å². The lowest BCUT2D eigenvalue weighted by atomic mass is 10.1. The van der Waals surface area contributed by atoms with Crippen LogP contribution in [0, 0.1) is 0 Å². The number of rotatable bonds is 8. The number of oxime groups is 1. The van der Waals surface area contributed by atoms with Gasteiger partial charge in [-0.05, 0) is 25.0 Å². The number of sulfone groups is 1. The molecule has 1 aliphatic rings. The molecule has 0 heterocycles. The summed E-state index contributed by atoms with van der Waals surface area (Å²) >= 11 is 0. The summed E-state index contributed by atoms with van der Waals surface area (Å²) < 4.78 is 29.1. The van der Waals surface area contributed by atoms with E-state index >= 15 is 0 Å². The summed E-state index contributed by atoms with van der Waals surface area (Å²) in [6, 6.07) is 5.85. The van der Waals surface area contributed by atoms with E-state index in [1.165, 1.54) is 36.3 Å². The maximum Gasteiger partial charge on any atom is 0.360 e. The minimum Gasteiger partial charge on any atom is -0.464 e. The molecule has 0 N–H and O–H groups in total. The van der Waals surface area contributed by atoms with Crippen molar-refractivity contribution in [1.29, 1.82) is 0 Å². The number of amides is 1. The quantitative estimate of drug-likeness (QED) is 0.288. The van der Waals surface area contributed by atoms with E-state index < -0.39 is 15.8 Å². The van der Waals surface area contributed by atoms with Gasteiger partial charge in [-0.25, -0.2) is 13.2 Å². The molecule has 1 amide bonds. The molecule has 9 heteroatoms. The first-order valence-electron chi connectivity index (χ1n) is 8.10. The Morgan fingerprint density at radius 1 is 1.19 bits per heavy atom. The van der Waals surface area contributed by atoms with Crippen LogP contribution in [0.4, 0.5) is 0 Å². The molecule has 0 aromatic heterocycles. The molecule has 0 unspecified atom stereocenters. The third-order valence-electron chi connectivity index (χ3n) is 3.86. The molecule has 8 nitrogen and oxygen atoms in total. The van der Waals surface area contributed by atoms with Gasteiger partial charge < -0.3 is 14.5 Å². The molecule has 0 bridgehead atoms. The van der Waals surface area contributed by atoms with Crippen molar-refractivity contribution in [3.05, 3.63) is 29.8 Å². The fourth-order valence-corrected chi connectivity index (χ4v) is 3.80. The number of methoxy groups -OCH3 is 1. The molecule has 0 saturated heterocycles. The second kappa shape index (κ2) is 8.31. The standard InChI is InChI=1S/C17H22N2O6S/c1-19(2)15(20)10-11-25-18-16(17(21)24-3)12-4-6-13(7-5-12)26(22,23)14-8-9-14/h4-7,14H,8-11H2,1-3H3/b18-16+. The van der Waals surface area contributed by atoms with Crippen LogP contribution in [0.1, 0.15) is 24.8 Å². The molecule has 1 saturated carbocycles. The zero-order valence-electron chi connectivity index (χ0n) is 15.0. The Kier molecular flexibility index (Phi) is 6.36. The topological polar surface area (TPSA) is 102 Å². The molecular weight excluding hydrogens is 360 g/mol. The molecular formula is C17H22N2O6S. The molecule has 0 atom stereocenters. The van der Waals surface area contributed by atoms with E-state index in [-0.39, 0.29) is 34.8 Å². The predicted octanol–water partition coefficient (Wildman–Crippen LogP) is 0.995. The number of benzene rings is 1. The van der Waals surface area contributed by atoms with E-state index in [1.807, 2.05) is 0 Å². The van der Waals surface area contributed by atoms with Gasteiger partial charge in [0.05, 0.1) is 23.7 Å². The summed E-state index contributed by atoms with van der Waals surface area (Å²) in [5.41, 5.74) is 0.269. The van der Waals surface area contributed by atoms with Gasteiger partial charge in [0.2, 0.25) is 5.91 Å². The Morgan fingerprint density at radius 2 is 1.81 bits per heavy atom. The molecule has 0 spiro atoms. The van der Waals surface area contributed by atoms with Gasteiger partial charge in [-0.3, -0.25) is 4.79 Å². The van der Waals surface area contributed by atoms with Crippen molar-refractivity contribution in [2.45, 2.75) is 29.4 Å². The maximum absolute atomic E-state index is 12.2. The fraction of sp³-hybridized carbons (Fsp3) is 0.471. The molecule has 1 aromatic rings. The van der Waals surface area contributed by atoms with Gasteiger partial charge in [-0.2, -0.15) is 0 Å². The summed E-state index contributed by atoms with van der Waals surface area (Å²) in [5.74, 6) is -0.851. The third-order valence-corrected chi connectivity index (χ3v) is 6.14. The zero-order chi connectivity index (χ0) is 19.3. The van der Waals surface area contributed by atoms with E-state index in [4.69, 9.17) is 4.84 Å². The van der Waals surface area contributed by atoms with Crippen LogP contribution in [0.15, 0.2) is 34.3 Å². The lowest BCUT2D eigenvalue weighted by molar-refractivity contribution is -0.132. The van der Waals surface area contributed by atoms with Crippen molar-refractivity contribution in [2.24, 2.45) is 5.16 Å². The molecule has 1 aromatic carbocycles. The van der Waals surface area contributed by atoms with Gasteiger partial charge in [0.25, 0.3) is 0 Å². The van der Waals surface area contributed by atoms with Crippen molar-refractivity contribution in [3.8, 4) is 0 Å². The predicted molar refractivity (Wildman–Crippen MR) is 94.5 cm³/mol. The molecule has 2 rings (SSSR count). The summed E-state index contributed by atoms with van der Waals surface area (Å²) in [7, 11) is 1.16.